The number of carboxylic acid groups (broad SMARTS) is 1. The molecule has 0 bridgehead atoms. The van der Waals surface area contributed by atoms with Crippen LogP contribution in [0.4, 0.5) is 5.69 Å². The fraction of sp³-hybridized carbons (Fsp3) is 0.333. The summed E-state index contributed by atoms with van der Waals surface area (Å²) >= 11 is 1.47. The van der Waals surface area contributed by atoms with E-state index in [1.54, 1.807) is 18.2 Å². The summed E-state index contributed by atoms with van der Waals surface area (Å²) in [6.45, 7) is 0. The summed E-state index contributed by atoms with van der Waals surface area (Å²) in [7, 11) is 0. The van der Waals surface area contributed by atoms with E-state index in [1.165, 1.54) is 11.8 Å². The number of thioether (sulfide) groups is 1. The second kappa shape index (κ2) is 3.50. The van der Waals surface area contributed by atoms with Crippen molar-refractivity contribution in [2.45, 2.75) is 17.7 Å². The number of benzene rings is 1. The number of nitrogens with one attached hydrogen (secondary N) is 1. The number of carbonyl (C=O) groups is 2. The molecule has 0 aromatic heterocycles. The largest absolute Gasteiger partial charge is 0.478 e. The first-order valence-corrected chi connectivity index (χ1v) is 6.41. The van der Waals surface area contributed by atoms with E-state index in [0.717, 1.165) is 12.8 Å². The molecule has 1 heterocycles. The molecule has 2 aliphatic rings. The van der Waals surface area contributed by atoms with Crippen LogP contribution >= 0.6 is 11.8 Å². The molecular formula is C12H11NO3S. The molecule has 1 aliphatic carbocycles. The average molecular weight is 249 g/mol. The van der Waals surface area contributed by atoms with Gasteiger partial charge in [-0.15, -0.1) is 11.8 Å². The summed E-state index contributed by atoms with van der Waals surface area (Å²) in [4.78, 5) is 23.8. The van der Waals surface area contributed by atoms with Gasteiger partial charge in [0.05, 0.1) is 16.7 Å². The minimum absolute atomic E-state index is 0.0336. The predicted molar refractivity (Wildman–Crippen MR) is 64.4 cm³/mol. The SMILES string of the molecule is O=C(O)c1cccc2c1SCC1(CC1)C(=O)N2. The van der Waals surface area contributed by atoms with Gasteiger partial charge in [-0.2, -0.15) is 0 Å². The highest BCUT2D eigenvalue weighted by atomic mass is 32.2. The molecule has 5 heteroatoms. The molecule has 1 aromatic carbocycles. The van der Waals surface area contributed by atoms with Gasteiger partial charge in [-0.25, -0.2) is 4.79 Å². The molecule has 0 saturated heterocycles. The Kier molecular flexibility index (Phi) is 2.19. The second-order valence-corrected chi connectivity index (χ2v) is 5.50. The fourth-order valence-corrected chi connectivity index (χ4v) is 3.44. The van der Waals surface area contributed by atoms with Crippen LogP contribution in [0.1, 0.15) is 23.2 Å². The summed E-state index contributed by atoms with van der Waals surface area (Å²) in [6.07, 6.45) is 1.81. The quantitative estimate of drug-likeness (QED) is 0.800. The fourth-order valence-electron chi connectivity index (χ4n) is 2.01. The number of aromatic carboxylic acids is 1. The van der Waals surface area contributed by atoms with Crippen molar-refractivity contribution in [1.29, 1.82) is 0 Å². The maximum Gasteiger partial charge on any atom is 0.336 e. The molecule has 0 unspecified atom stereocenters. The van der Waals surface area contributed by atoms with Crippen molar-refractivity contribution in [2.24, 2.45) is 5.41 Å². The third-order valence-electron chi connectivity index (χ3n) is 3.32. The van der Waals surface area contributed by atoms with Crippen LogP contribution in [0, 0.1) is 5.41 Å². The van der Waals surface area contributed by atoms with Crippen LogP contribution in [-0.4, -0.2) is 22.7 Å². The Balaban J connectivity index is 2.06. The summed E-state index contributed by atoms with van der Waals surface area (Å²) in [5.41, 5.74) is 0.647. The number of rotatable bonds is 1. The van der Waals surface area contributed by atoms with Gasteiger partial charge in [0.25, 0.3) is 0 Å². The second-order valence-electron chi connectivity index (χ2n) is 4.51. The highest BCUT2D eigenvalue weighted by Gasteiger charge is 2.51. The molecule has 88 valence electrons. The van der Waals surface area contributed by atoms with Gasteiger partial charge < -0.3 is 10.4 Å². The van der Waals surface area contributed by atoms with E-state index < -0.39 is 5.97 Å². The highest BCUT2D eigenvalue weighted by Crippen LogP contribution is 2.53. The van der Waals surface area contributed by atoms with Gasteiger partial charge in [-0.05, 0) is 25.0 Å². The standard InChI is InChI=1S/C12H11NO3S/c14-10(15)7-2-1-3-8-9(7)17-6-12(4-5-12)11(16)13-8/h1-3H,4-6H2,(H,13,16)(H,14,15). The molecule has 1 aliphatic heterocycles. The first-order chi connectivity index (χ1) is 8.12. The van der Waals surface area contributed by atoms with Crippen LogP contribution in [0.25, 0.3) is 0 Å². The van der Waals surface area contributed by atoms with Crippen molar-refractivity contribution in [1.82, 2.24) is 0 Å². The molecule has 1 aromatic rings. The maximum atomic E-state index is 12.0. The van der Waals surface area contributed by atoms with Gasteiger partial charge in [0, 0.05) is 10.6 Å². The normalized spacial score (nSPS) is 20.4. The Morgan fingerprint density at radius 2 is 2.18 bits per heavy atom. The Labute approximate surface area is 102 Å². The van der Waals surface area contributed by atoms with Crippen LogP contribution in [0.15, 0.2) is 23.1 Å². The average Bonchev–Trinajstić information content (AvgIpc) is 3.08. The zero-order valence-corrected chi connectivity index (χ0v) is 9.84. The summed E-state index contributed by atoms with van der Waals surface area (Å²) in [6, 6.07) is 4.99. The van der Waals surface area contributed by atoms with Crippen LogP contribution < -0.4 is 5.32 Å². The Morgan fingerprint density at radius 3 is 2.82 bits per heavy atom. The monoisotopic (exact) mass is 249 g/mol. The number of anilines is 1. The van der Waals surface area contributed by atoms with Crippen LogP contribution in [0.5, 0.6) is 0 Å². The Morgan fingerprint density at radius 1 is 1.41 bits per heavy atom. The van der Waals surface area contributed by atoms with E-state index in [4.69, 9.17) is 5.11 Å². The molecule has 1 spiro atoms. The third-order valence-corrected chi connectivity index (χ3v) is 4.75. The van der Waals surface area contributed by atoms with Gasteiger partial charge in [0.2, 0.25) is 5.91 Å². The molecule has 0 radical (unpaired) electrons. The topological polar surface area (TPSA) is 66.4 Å². The van der Waals surface area contributed by atoms with E-state index in [2.05, 4.69) is 5.32 Å². The summed E-state index contributed by atoms with van der Waals surface area (Å²) in [5, 5.41) is 12.0. The summed E-state index contributed by atoms with van der Waals surface area (Å²) < 4.78 is 0. The zero-order chi connectivity index (χ0) is 12.0. The van der Waals surface area contributed by atoms with E-state index >= 15 is 0 Å². The highest BCUT2D eigenvalue weighted by molar-refractivity contribution is 7.99. The number of carbonyl (C=O) groups excluding carboxylic acids is 1. The van der Waals surface area contributed by atoms with Gasteiger partial charge in [-0.1, -0.05) is 6.07 Å². The lowest BCUT2D eigenvalue weighted by Crippen LogP contribution is -2.24. The Bertz CT molecular complexity index is 522. The first-order valence-electron chi connectivity index (χ1n) is 5.43. The molecule has 4 nitrogen and oxygen atoms in total. The van der Waals surface area contributed by atoms with Crippen molar-refractivity contribution < 1.29 is 14.7 Å². The van der Waals surface area contributed by atoms with Crippen molar-refractivity contribution in [3.05, 3.63) is 23.8 Å². The molecule has 3 rings (SSSR count). The van der Waals surface area contributed by atoms with E-state index in [0.29, 0.717) is 16.3 Å². The molecular weight excluding hydrogens is 238 g/mol. The van der Waals surface area contributed by atoms with Crippen molar-refractivity contribution in [3.8, 4) is 0 Å². The lowest BCUT2D eigenvalue weighted by molar-refractivity contribution is -0.120. The van der Waals surface area contributed by atoms with E-state index in [-0.39, 0.29) is 16.9 Å². The molecule has 2 N–H and O–H groups in total. The maximum absolute atomic E-state index is 12.0. The van der Waals surface area contributed by atoms with Crippen LogP contribution in [0.3, 0.4) is 0 Å². The van der Waals surface area contributed by atoms with Crippen LogP contribution in [0.2, 0.25) is 0 Å². The molecule has 1 fully saturated rings. The lowest BCUT2D eigenvalue weighted by atomic mass is 10.1. The molecule has 17 heavy (non-hydrogen) atoms. The smallest absolute Gasteiger partial charge is 0.336 e. The number of amides is 1. The number of fused-ring (bicyclic) bond motifs is 1. The molecule has 0 atom stereocenters. The van der Waals surface area contributed by atoms with Gasteiger partial charge in [0.15, 0.2) is 0 Å². The van der Waals surface area contributed by atoms with E-state index in [9.17, 15) is 9.59 Å². The Hall–Kier alpha value is -1.49. The third kappa shape index (κ3) is 1.61. The van der Waals surface area contributed by atoms with Crippen LogP contribution in [-0.2, 0) is 4.79 Å². The number of carboxylic acids is 1. The molecule has 1 saturated carbocycles. The van der Waals surface area contributed by atoms with Crippen molar-refractivity contribution in [3.63, 3.8) is 0 Å². The summed E-state index contributed by atoms with van der Waals surface area (Å²) in [5.74, 6) is -0.238. The van der Waals surface area contributed by atoms with Gasteiger partial charge in [0.1, 0.15) is 0 Å². The lowest BCUT2D eigenvalue weighted by Gasteiger charge is -2.08. The van der Waals surface area contributed by atoms with Gasteiger partial charge in [-0.3, -0.25) is 4.79 Å². The first kappa shape index (κ1) is 10.7. The van der Waals surface area contributed by atoms with Crippen molar-refractivity contribution in [2.75, 3.05) is 11.1 Å². The van der Waals surface area contributed by atoms with Crippen molar-refractivity contribution >= 4 is 29.3 Å². The van der Waals surface area contributed by atoms with E-state index in [1.807, 2.05) is 0 Å². The van der Waals surface area contributed by atoms with Gasteiger partial charge >= 0.3 is 5.97 Å². The molecule has 1 amide bonds. The number of hydrogen-bond donors (Lipinski definition) is 2. The predicted octanol–water partition coefficient (Wildman–Crippen LogP) is 2.21. The number of hydrogen-bond acceptors (Lipinski definition) is 3. The zero-order valence-electron chi connectivity index (χ0n) is 9.03. The minimum Gasteiger partial charge on any atom is -0.478 e. The minimum atomic E-state index is -0.949.